The summed E-state index contributed by atoms with van der Waals surface area (Å²) >= 11 is 0. The van der Waals surface area contributed by atoms with Gasteiger partial charge in [-0.25, -0.2) is 4.39 Å². The number of methoxy groups -OCH3 is 1. The van der Waals surface area contributed by atoms with E-state index in [4.69, 9.17) is 9.47 Å². The third kappa shape index (κ3) is 6.16. The monoisotopic (exact) mass is 407 g/mol. The first kappa shape index (κ1) is 21.5. The molecule has 4 nitrogen and oxygen atoms in total. The first-order valence-corrected chi connectivity index (χ1v) is 9.88. The first-order chi connectivity index (χ1) is 14.5. The molecule has 0 aromatic heterocycles. The van der Waals surface area contributed by atoms with Crippen LogP contribution in [0.4, 0.5) is 4.39 Å². The highest BCUT2D eigenvalue weighted by molar-refractivity contribution is 5.71. The molecule has 0 unspecified atom stereocenters. The molecule has 0 saturated carbocycles. The summed E-state index contributed by atoms with van der Waals surface area (Å²) in [6.45, 7) is 0.831. The molecule has 0 N–H and O–H groups in total. The van der Waals surface area contributed by atoms with E-state index in [2.05, 4.69) is 12.1 Å². The highest BCUT2D eigenvalue weighted by Crippen LogP contribution is 2.28. The second-order valence-corrected chi connectivity index (χ2v) is 7.15. The fourth-order valence-corrected chi connectivity index (χ4v) is 3.19. The number of ether oxygens (including phenoxy) is 2. The predicted molar refractivity (Wildman–Crippen MR) is 116 cm³/mol. The molecule has 156 valence electrons. The number of carbonyl (C=O) groups excluding carboxylic acids is 1. The van der Waals surface area contributed by atoms with Crippen LogP contribution in [-0.2, 0) is 9.53 Å². The average Bonchev–Trinajstić information content (AvgIpc) is 2.78. The van der Waals surface area contributed by atoms with Gasteiger partial charge in [-0.1, -0.05) is 54.6 Å². The third-order valence-corrected chi connectivity index (χ3v) is 4.88. The van der Waals surface area contributed by atoms with Crippen LogP contribution in [0.25, 0.3) is 11.1 Å². The molecule has 3 rings (SSSR count). The van der Waals surface area contributed by atoms with Crippen molar-refractivity contribution < 1.29 is 18.7 Å². The highest BCUT2D eigenvalue weighted by atomic mass is 19.1. The zero-order chi connectivity index (χ0) is 21.3. The Bertz CT molecular complexity index is 927. The Morgan fingerprint density at radius 1 is 0.933 bits per heavy atom. The van der Waals surface area contributed by atoms with E-state index < -0.39 is 0 Å². The van der Waals surface area contributed by atoms with Crippen molar-refractivity contribution >= 4 is 5.97 Å². The van der Waals surface area contributed by atoms with E-state index >= 15 is 0 Å². The van der Waals surface area contributed by atoms with Gasteiger partial charge < -0.3 is 9.47 Å². The van der Waals surface area contributed by atoms with Gasteiger partial charge in [0, 0.05) is 13.0 Å². The maximum atomic E-state index is 13.4. The quantitative estimate of drug-likeness (QED) is 0.462. The zero-order valence-corrected chi connectivity index (χ0v) is 17.3. The summed E-state index contributed by atoms with van der Waals surface area (Å²) in [6.07, 6.45) is 0.368. The van der Waals surface area contributed by atoms with Gasteiger partial charge >= 0.3 is 5.97 Å². The number of halogens is 1. The zero-order valence-electron chi connectivity index (χ0n) is 17.3. The van der Waals surface area contributed by atoms with Crippen molar-refractivity contribution in [1.82, 2.24) is 4.90 Å². The van der Waals surface area contributed by atoms with Gasteiger partial charge in [-0.2, -0.15) is 0 Å². The summed E-state index contributed by atoms with van der Waals surface area (Å²) in [6, 6.07) is 24.4. The Morgan fingerprint density at radius 3 is 2.20 bits per heavy atom. The molecule has 0 amide bonds. The lowest BCUT2D eigenvalue weighted by molar-refractivity contribution is -0.141. The molecule has 3 aromatic rings. The molecule has 0 aliphatic rings. The van der Waals surface area contributed by atoms with Gasteiger partial charge in [0.1, 0.15) is 17.7 Å². The summed E-state index contributed by atoms with van der Waals surface area (Å²) in [5.41, 5.74) is 3.14. The molecular weight excluding hydrogens is 381 g/mol. The van der Waals surface area contributed by atoms with Crippen LogP contribution in [0.5, 0.6) is 5.75 Å². The molecule has 0 spiro atoms. The maximum Gasteiger partial charge on any atom is 0.319 e. The topological polar surface area (TPSA) is 38.8 Å². The van der Waals surface area contributed by atoms with Crippen LogP contribution in [0.15, 0.2) is 78.9 Å². The Hall–Kier alpha value is -3.18. The van der Waals surface area contributed by atoms with Crippen LogP contribution >= 0.6 is 0 Å². The van der Waals surface area contributed by atoms with Crippen molar-refractivity contribution in [3.05, 3.63) is 90.2 Å². The molecule has 0 heterocycles. The summed E-state index contributed by atoms with van der Waals surface area (Å²) in [5.74, 6) is 0.167. The van der Waals surface area contributed by atoms with E-state index in [1.54, 1.807) is 12.1 Å². The van der Waals surface area contributed by atoms with Crippen molar-refractivity contribution in [2.24, 2.45) is 0 Å². The Morgan fingerprint density at radius 2 is 1.57 bits per heavy atom. The molecule has 0 radical (unpaired) electrons. The van der Waals surface area contributed by atoms with E-state index in [-0.39, 0.29) is 24.4 Å². The number of nitrogens with zero attached hydrogens (tertiary/aromatic N) is 1. The van der Waals surface area contributed by atoms with Crippen LogP contribution < -0.4 is 4.74 Å². The van der Waals surface area contributed by atoms with Gasteiger partial charge in [-0.3, -0.25) is 9.69 Å². The van der Waals surface area contributed by atoms with Crippen molar-refractivity contribution in [3.8, 4) is 16.9 Å². The van der Waals surface area contributed by atoms with Gasteiger partial charge in [-0.05, 0) is 48.0 Å². The molecule has 0 aliphatic heterocycles. The second-order valence-electron chi connectivity index (χ2n) is 7.15. The van der Waals surface area contributed by atoms with Crippen LogP contribution in [-0.4, -0.2) is 38.1 Å². The van der Waals surface area contributed by atoms with E-state index in [1.807, 2.05) is 54.4 Å². The first-order valence-electron chi connectivity index (χ1n) is 9.88. The van der Waals surface area contributed by atoms with Crippen molar-refractivity contribution in [2.45, 2.75) is 12.5 Å². The smallest absolute Gasteiger partial charge is 0.319 e. The number of esters is 1. The predicted octanol–water partition coefficient (Wildman–Crippen LogP) is 5.11. The Balaban J connectivity index is 1.71. The van der Waals surface area contributed by atoms with Gasteiger partial charge in [0.15, 0.2) is 0 Å². The van der Waals surface area contributed by atoms with Crippen molar-refractivity contribution in [1.29, 1.82) is 0 Å². The number of rotatable bonds is 9. The average molecular weight is 407 g/mol. The fourth-order valence-electron chi connectivity index (χ4n) is 3.19. The number of benzene rings is 3. The molecule has 1 atom stereocenters. The van der Waals surface area contributed by atoms with E-state index in [0.717, 1.165) is 22.4 Å². The van der Waals surface area contributed by atoms with Crippen LogP contribution in [0.1, 0.15) is 18.1 Å². The minimum absolute atomic E-state index is 0.207. The SMILES string of the molecule is COC(=O)CN(C)CC[C@H](Oc1ccc(-c2ccccc2)cc1)c1ccc(F)cc1. The van der Waals surface area contributed by atoms with Crippen LogP contribution in [0.3, 0.4) is 0 Å². The molecule has 0 aliphatic carbocycles. The van der Waals surface area contributed by atoms with Gasteiger partial charge in [-0.15, -0.1) is 0 Å². The number of likely N-dealkylation sites (N-methyl/N-ethyl adjacent to an activating group) is 1. The molecule has 0 bridgehead atoms. The maximum absolute atomic E-state index is 13.4. The molecule has 5 heteroatoms. The molecular formula is C25H26FNO3. The minimum Gasteiger partial charge on any atom is -0.486 e. The summed E-state index contributed by atoms with van der Waals surface area (Å²) < 4.78 is 24.3. The molecule has 30 heavy (non-hydrogen) atoms. The fraction of sp³-hybridized carbons (Fsp3) is 0.240. The van der Waals surface area contributed by atoms with Gasteiger partial charge in [0.2, 0.25) is 0 Å². The van der Waals surface area contributed by atoms with E-state index in [9.17, 15) is 9.18 Å². The standard InChI is InChI=1S/C25H26FNO3/c1-27(18-25(28)29-2)17-16-24(21-8-12-22(26)13-9-21)30-23-14-10-20(11-15-23)19-6-4-3-5-7-19/h3-15,24H,16-18H2,1-2H3/t24-/m0/s1. The lowest BCUT2D eigenvalue weighted by Gasteiger charge is -2.23. The lowest BCUT2D eigenvalue weighted by atomic mass is 10.0. The van der Waals surface area contributed by atoms with Crippen LogP contribution in [0.2, 0.25) is 0 Å². The number of carbonyl (C=O) groups is 1. The third-order valence-electron chi connectivity index (χ3n) is 4.88. The second kappa shape index (κ2) is 10.6. The number of hydrogen-bond acceptors (Lipinski definition) is 4. The Labute approximate surface area is 176 Å². The van der Waals surface area contributed by atoms with E-state index in [1.165, 1.54) is 19.2 Å². The summed E-state index contributed by atoms with van der Waals surface area (Å²) in [7, 11) is 3.23. The summed E-state index contributed by atoms with van der Waals surface area (Å²) in [5, 5.41) is 0. The van der Waals surface area contributed by atoms with Crippen molar-refractivity contribution in [3.63, 3.8) is 0 Å². The highest BCUT2D eigenvalue weighted by Gasteiger charge is 2.16. The molecule has 0 fully saturated rings. The van der Waals surface area contributed by atoms with E-state index in [0.29, 0.717) is 13.0 Å². The van der Waals surface area contributed by atoms with Gasteiger partial charge in [0.25, 0.3) is 0 Å². The largest absolute Gasteiger partial charge is 0.486 e. The van der Waals surface area contributed by atoms with Crippen molar-refractivity contribution in [2.75, 3.05) is 27.2 Å². The lowest BCUT2D eigenvalue weighted by Crippen LogP contribution is -2.29. The molecule has 3 aromatic carbocycles. The normalized spacial score (nSPS) is 11.9. The Kier molecular flexibility index (Phi) is 7.57. The van der Waals surface area contributed by atoms with Gasteiger partial charge in [0.05, 0.1) is 13.7 Å². The number of hydrogen-bond donors (Lipinski definition) is 0. The minimum atomic E-state index is -0.285. The summed E-state index contributed by atoms with van der Waals surface area (Å²) in [4.78, 5) is 13.4. The molecule has 0 saturated heterocycles. The van der Waals surface area contributed by atoms with Crippen LogP contribution in [0, 0.1) is 5.82 Å².